The topological polar surface area (TPSA) is 137 Å². The molecule has 3 aromatic heterocycles. The predicted molar refractivity (Wildman–Crippen MR) is 116 cm³/mol. The fraction of sp³-hybridized carbons (Fsp3) is 0.238. The first-order valence-corrected chi connectivity index (χ1v) is 10.2. The summed E-state index contributed by atoms with van der Waals surface area (Å²) >= 11 is 0. The quantitative estimate of drug-likeness (QED) is 0.249. The SMILES string of the molecule is Cc1cc(-n2nc(CNCCO)cc2NC(=O)c2ccc(C(F)(F)F)c(-c3ccn[nH]3)c2)n[nH]1. The Morgan fingerprint density at radius 1 is 1.18 bits per heavy atom. The normalized spacial score (nSPS) is 11.7. The van der Waals surface area contributed by atoms with E-state index in [0.29, 0.717) is 24.6 Å². The van der Waals surface area contributed by atoms with Gasteiger partial charge in [0.2, 0.25) is 0 Å². The largest absolute Gasteiger partial charge is 0.417 e. The van der Waals surface area contributed by atoms with Crippen molar-refractivity contribution in [2.24, 2.45) is 0 Å². The average Bonchev–Trinajstić information content (AvgIpc) is 3.54. The molecule has 10 nitrogen and oxygen atoms in total. The lowest BCUT2D eigenvalue weighted by molar-refractivity contribution is -0.137. The molecule has 0 bridgehead atoms. The number of aliphatic hydroxyl groups is 1. The molecule has 0 saturated carbocycles. The number of halogens is 3. The first-order chi connectivity index (χ1) is 16.3. The van der Waals surface area contributed by atoms with Crippen LogP contribution in [0.25, 0.3) is 17.1 Å². The third-order valence-corrected chi connectivity index (χ3v) is 4.88. The minimum absolute atomic E-state index is 0.0171. The molecule has 0 aliphatic rings. The molecule has 0 saturated heterocycles. The second-order valence-corrected chi connectivity index (χ2v) is 7.42. The van der Waals surface area contributed by atoms with Gasteiger partial charge in [0.1, 0.15) is 5.82 Å². The Labute approximate surface area is 191 Å². The van der Waals surface area contributed by atoms with E-state index in [2.05, 4.69) is 36.1 Å². The maximum Gasteiger partial charge on any atom is 0.417 e. The highest BCUT2D eigenvalue weighted by molar-refractivity contribution is 6.04. The van der Waals surface area contributed by atoms with Gasteiger partial charge in [0, 0.05) is 48.2 Å². The summed E-state index contributed by atoms with van der Waals surface area (Å²) in [6, 6.07) is 7.88. The molecule has 5 N–H and O–H groups in total. The molecule has 0 radical (unpaired) electrons. The van der Waals surface area contributed by atoms with E-state index in [4.69, 9.17) is 5.11 Å². The molecule has 0 aliphatic carbocycles. The zero-order valence-electron chi connectivity index (χ0n) is 17.9. The minimum Gasteiger partial charge on any atom is -0.395 e. The van der Waals surface area contributed by atoms with Crippen molar-refractivity contribution >= 4 is 11.7 Å². The number of carbonyl (C=O) groups excluding carboxylic acids is 1. The minimum atomic E-state index is -4.61. The monoisotopic (exact) mass is 474 g/mol. The highest BCUT2D eigenvalue weighted by Gasteiger charge is 2.34. The molecule has 0 unspecified atom stereocenters. The van der Waals surface area contributed by atoms with Gasteiger partial charge in [0.15, 0.2) is 5.82 Å². The van der Waals surface area contributed by atoms with E-state index in [1.54, 1.807) is 19.1 Å². The molecule has 13 heteroatoms. The van der Waals surface area contributed by atoms with Crippen LogP contribution in [0.5, 0.6) is 0 Å². The third kappa shape index (κ3) is 5.00. The number of aromatic nitrogens is 6. The van der Waals surface area contributed by atoms with Crippen molar-refractivity contribution in [2.75, 3.05) is 18.5 Å². The lowest BCUT2D eigenvalue weighted by Gasteiger charge is -2.13. The smallest absolute Gasteiger partial charge is 0.395 e. The summed E-state index contributed by atoms with van der Waals surface area (Å²) in [5.41, 5.74) is 0.412. The number of aromatic amines is 2. The number of hydrogen-bond donors (Lipinski definition) is 5. The van der Waals surface area contributed by atoms with Gasteiger partial charge in [0.25, 0.3) is 5.91 Å². The first kappa shape index (κ1) is 23.2. The molecule has 0 spiro atoms. The molecule has 0 atom stereocenters. The summed E-state index contributed by atoms with van der Waals surface area (Å²) in [5.74, 6) is 0.0739. The highest BCUT2D eigenvalue weighted by atomic mass is 19.4. The Kier molecular flexibility index (Phi) is 6.47. The van der Waals surface area contributed by atoms with Gasteiger partial charge in [-0.3, -0.25) is 15.0 Å². The number of aliphatic hydroxyl groups excluding tert-OH is 1. The number of hydrogen-bond acceptors (Lipinski definition) is 6. The van der Waals surface area contributed by atoms with Crippen molar-refractivity contribution in [3.05, 3.63) is 65.1 Å². The Bertz CT molecular complexity index is 1280. The van der Waals surface area contributed by atoms with Crippen LogP contribution in [0.2, 0.25) is 0 Å². The molecular formula is C21H21F3N8O2. The fourth-order valence-corrected chi connectivity index (χ4v) is 3.34. The van der Waals surface area contributed by atoms with E-state index in [-0.39, 0.29) is 29.2 Å². The first-order valence-electron chi connectivity index (χ1n) is 10.2. The van der Waals surface area contributed by atoms with Crippen molar-refractivity contribution in [3.63, 3.8) is 0 Å². The summed E-state index contributed by atoms with van der Waals surface area (Å²) in [4.78, 5) is 13.0. The second kappa shape index (κ2) is 9.49. The second-order valence-electron chi connectivity index (χ2n) is 7.42. The molecule has 4 aromatic rings. The highest BCUT2D eigenvalue weighted by Crippen LogP contribution is 2.37. The van der Waals surface area contributed by atoms with Crippen molar-refractivity contribution in [1.29, 1.82) is 0 Å². The fourth-order valence-electron chi connectivity index (χ4n) is 3.34. The van der Waals surface area contributed by atoms with E-state index in [0.717, 1.165) is 23.9 Å². The summed E-state index contributed by atoms with van der Waals surface area (Å²) in [6.45, 7) is 2.44. The summed E-state index contributed by atoms with van der Waals surface area (Å²) in [7, 11) is 0. The molecule has 34 heavy (non-hydrogen) atoms. The van der Waals surface area contributed by atoms with Crippen LogP contribution in [0.15, 0.2) is 42.6 Å². The van der Waals surface area contributed by atoms with Gasteiger partial charge in [-0.1, -0.05) is 0 Å². The molecule has 178 valence electrons. The van der Waals surface area contributed by atoms with Gasteiger partial charge in [-0.2, -0.15) is 33.1 Å². The molecule has 4 rings (SSSR count). The lowest BCUT2D eigenvalue weighted by atomic mass is 10.0. The van der Waals surface area contributed by atoms with E-state index < -0.39 is 17.6 Å². The lowest BCUT2D eigenvalue weighted by Crippen LogP contribution is -2.17. The Balaban J connectivity index is 1.66. The maximum absolute atomic E-state index is 13.5. The molecular weight excluding hydrogens is 453 g/mol. The van der Waals surface area contributed by atoms with E-state index in [1.165, 1.54) is 16.9 Å². The van der Waals surface area contributed by atoms with Gasteiger partial charge in [0.05, 0.1) is 23.6 Å². The average molecular weight is 474 g/mol. The number of nitrogens with one attached hydrogen (secondary N) is 4. The van der Waals surface area contributed by atoms with E-state index in [9.17, 15) is 18.0 Å². The Morgan fingerprint density at radius 3 is 2.65 bits per heavy atom. The van der Waals surface area contributed by atoms with Gasteiger partial charge in [-0.15, -0.1) is 0 Å². The van der Waals surface area contributed by atoms with Gasteiger partial charge in [-0.05, 0) is 31.2 Å². The van der Waals surface area contributed by atoms with E-state index in [1.807, 2.05) is 0 Å². The summed E-state index contributed by atoms with van der Waals surface area (Å²) in [6.07, 6.45) is -3.28. The molecule has 1 amide bonds. The zero-order chi connectivity index (χ0) is 24.3. The van der Waals surface area contributed by atoms with Gasteiger partial charge < -0.3 is 15.7 Å². The van der Waals surface area contributed by atoms with Crippen LogP contribution in [0, 0.1) is 6.92 Å². The number of carbonyl (C=O) groups is 1. The molecule has 3 heterocycles. The molecule has 1 aromatic carbocycles. The van der Waals surface area contributed by atoms with Crippen LogP contribution in [0.4, 0.5) is 19.0 Å². The summed E-state index contributed by atoms with van der Waals surface area (Å²) < 4.78 is 42.0. The zero-order valence-corrected chi connectivity index (χ0v) is 17.9. The van der Waals surface area contributed by atoms with Crippen LogP contribution < -0.4 is 10.6 Å². The standard InChI is InChI=1S/C21H21F3N8O2/c1-12-8-19(30-28-12)32-18(10-14(31-32)11-25-6-7-33)27-20(34)13-2-3-16(21(22,23)24)15(9-13)17-4-5-26-29-17/h2-5,8-10,25,33H,6-7,11H2,1H3,(H,26,29)(H,27,34)(H,28,30). The van der Waals surface area contributed by atoms with Crippen LogP contribution in [-0.2, 0) is 12.7 Å². The van der Waals surface area contributed by atoms with Gasteiger partial charge in [-0.25, -0.2) is 0 Å². The van der Waals surface area contributed by atoms with Crippen molar-refractivity contribution in [1.82, 2.24) is 35.5 Å². The maximum atomic E-state index is 13.5. The van der Waals surface area contributed by atoms with Crippen molar-refractivity contribution in [3.8, 4) is 17.1 Å². The van der Waals surface area contributed by atoms with Crippen molar-refractivity contribution < 1.29 is 23.1 Å². The number of nitrogens with zero attached hydrogens (tertiary/aromatic N) is 4. The van der Waals surface area contributed by atoms with Crippen molar-refractivity contribution in [2.45, 2.75) is 19.6 Å². The number of benzene rings is 1. The van der Waals surface area contributed by atoms with Crippen LogP contribution >= 0.6 is 0 Å². The Hall–Kier alpha value is -3.97. The number of H-pyrrole nitrogens is 2. The van der Waals surface area contributed by atoms with Gasteiger partial charge >= 0.3 is 6.18 Å². The number of alkyl halides is 3. The van der Waals surface area contributed by atoms with Crippen LogP contribution in [-0.4, -0.2) is 54.3 Å². The molecule has 0 aliphatic heterocycles. The molecule has 0 fully saturated rings. The summed E-state index contributed by atoms with van der Waals surface area (Å²) in [5, 5.41) is 32.2. The number of amides is 1. The predicted octanol–water partition coefficient (Wildman–Crippen LogP) is 2.65. The third-order valence-electron chi connectivity index (χ3n) is 4.88. The van der Waals surface area contributed by atoms with Crippen LogP contribution in [0.3, 0.4) is 0 Å². The van der Waals surface area contributed by atoms with E-state index >= 15 is 0 Å². The number of aryl methyl sites for hydroxylation is 1. The Morgan fingerprint density at radius 2 is 2.00 bits per heavy atom. The number of anilines is 1. The van der Waals surface area contributed by atoms with Crippen LogP contribution in [0.1, 0.15) is 27.3 Å². The number of rotatable bonds is 8.